The normalized spacial score (nSPS) is 12.0. The third-order valence-corrected chi connectivity index (χ3v) is 5.97. The number of amides is 1. The van der Waals surface area contributed by atoms with Gasteiger partial charge in [-0.1, -0.05) is 18.5 Å². The first kappa shape index (κ1) is 21.3. The molecule has 0 aliphatic rings. The fourth-order valence-electron chi connectivity index (χ4n) is 3.03. The molecule has 3 aromatic rings. The zero-order valence-corrected chi connectivity index (χ0v) is 17.5. The summed E-state index contributed by atoms with van der Waals surface area (Å²) in [4.78, 5) is 31.3. The van der Waals surface area contributed by atoms with Crippen LogP contribution in [0.25, 0.3) is 10.2 Å². The SMILES string of the molecule is CCc1c(C)sc2nc(C)n(NC(=O)Cn3nc(C(F)(F)F)c(Cl)c3C)c(=O)c12. The van der Waals surface area contributed by atoms with E-state index < -0.39 is 34.9 Å². The number of nitrogens with one attached hydrogen (secondary N) is 1. The van der Waals surface area contributed by atoms with Crippen LogP contribution in [0.2, 0.25) is 5.02 Å². The molecule has 0 radical (unpaired) electrons. The first-order valence-corrected chi connectivity index (χ1v) is 9.76. The van der Waals surface area contributed by atoms with Gasteiger partial charge < -0.3 is 0 Å². The fraction of sp³-hybridized carbons (Fsp3) is 0.412. The molecule has 3 heterocycles. The lowest BCUT2D eigenvalue weighted by atomic mass is 10.1. The Hall–Kier alpha value is -2.40. The topological polar surface area (TPSA) is 81.8 Å². The molecular formula is C17H17ClF3N5O2S. The third kappa shape index (κ3) is 3.76. The van der Waals surface area contributed by atoms with E-state index in [0.29, 0.717) is 16.6 Å². The number of fused-ring (bicyclic) bond motifs is 1. The van der Waals surface area contributed by atoms with E-state index >= 15 is 0 Å². The molecule has 0 saturated carbocycles. The van der Waals surface area contributed by atoms with E-state index in [1.165, 1.54) is 18.3 Å². The second-order valence-corrected chi connectivity index (χ2v) is 7.99. The molecule has 3 aromatic heterocycles. The van der Waals surface area contributed by atoms with Gasteiger partial charge >= 0.3 is 6.18 Å². The highest BCUT2D eigenvalue weighted by atomic mass is 35.5. The predicted molar refractivity (Wildman–Crippen MR) is 104 cm³/mol. The van der Waals surface area contributed by atoms with Crippen LogP contribution in [0.3, 0.4) is 0 Å². The van der Waals surface area contributed by atoms with Crippen molar-refractivity contribution in [2.75, 3.05) is 5.43 Å². The van der Waals surface area contributed by atoms with Crippen molar-refractivity contribution in [1.29, 1.82) is 0 Å². The van der Waals surface area contributed by atoms with Crippen LogP contribution in [0.5, 0.6) is 0 Å². The van der Waals surface area contributed by atoms with Gasteiger partial charge in [0.2, 0.25) is 0 Å². The van der Waals surface area contributed by atoms with Crippen molar-refractivity contribution in [3.05, 3.63) is 43.0 Å². The summed E-state index contributed by atoms with van der Waals surface area (Å²) in [6.07, 6.45) is -4.11. The number of nitrogens with zero attached hydrogens (tertiary/aromatic N) is 4. The highest BCUT2D eigenvalue weighted by Crippen LogP contribution is 2.35. The lowest BCUT2D eigenvalue weighted by Gasteiger charge is -2.12. The van der Waals surface area contributed by atoms with Crippen LogP contribution in [-0.2, 0) is 23.9 Å². The van der Waals surface area contributed by atoms with Crippen LogP contribution in [0.1, 0.15) is 34.6 Å². The lowest BCUT2D eigenvalue weighted by Crippen LogP contribution is -2.37. The summed E-state index contributed by atoms with van der Waals surface area (Å²) in [6.45, 7) is 6.14. The maximum absolute atomic E-state index is 12.9. The highest BCUT2D eigenvalue weighted by molar-refractivity contribution is 7.18. The van der Waals surface area contributed by atoms with Crippen LogP contribution in [0.15, 0.2) is 4.79 Å². The molecule has 7 nitrogen and oxygen atoms in total. The van der Waals surface area contributed by atoms with Gasteiger partial charge in [-0.15, -0.1) is 11.3 Å². The maximum Gasteiger partial charge on any atom is 0.436 e. The molecule has 0 fully saturated rings. The number of halogens is 4. The van der Waals surface area contributed by atoms with Gasteiger partial charge in [0.1, 0.15) is 17.2 Å². The lowest BCUT2D eigenvalue weighted by molar-refractivity contribution is -0.141. The third-order valence-electron chi connectivity index (χ3n) is 4.48. The molecule has 29 heavy (non-hydrogen) atoms. The summed E-state index contributed by atoms with van der Waals surface area (Å²) in [5.74, 6) is -0.483. The van der Waals surface area contributed by atoms with E-state index in [9.17, 15) is 22.8 Å². The van der Waals surface area contributed by atoms with Crippen LogP contribution < -0.4 is 11.0 Å². The van der Waals surface area contributed by atoms with Crippen LogP contribution in [0.4, 0.5) is 13.2 Å². The Balaban J connectivity index is 1.94. The Labute approximate surface area is 172 Å². The van der Waals surface area contributed by atoms with Gasteiger partial charge in [0, 0.05) is 4.88 Å². The summed E-state index contributed by atoms with van der Waals surface area (Å²) in [5, 5.41) is 3.25. The van der Waals surface area contributed by atoms with Gasteiger partial charge in [-0.2, -0.15) is 18.3 Å². The molecule has 0 unspecified atom stereocenters. The van der Waals surface area contributed by atoms with Crippen molar-refractivity contribution in [1.82, 2.24) is 19.4 Å². The number of hydrogen-bond acceptors (Lipinski definition) is 5. The molecule has 1 amide bonds. The Bertz CT molecular complexity index is 1180. The Kier molecular flexibility index (Phi) is 5.48. The minimum Gasteiger partial charge on any atom is -0.271 e. The molecular weight excluding hydrogens is 431 g/mol. The van der Waals surface area contributed by atoms with Crippen molar-refractivity contribution in [2.45, 2.75) is 46.8 Å². The highest BCUT2D eigenvalue weighted by Gasteiger charge is 2.38. The van der Waals surface area contributed by atoms with E-state index in [2.05, 4.69) is 15.5 Å². The Morgan fingerprint density at radius 3 is 2.48 bits per heavy atom. The van der Waals surface area contributed by atoms with Crippen molar-refractivity contribution >= 4 is 39.1 Å². The molecule has 1 N–H and O–H groups in total. The van der Waals surface area contributed by atoms with E-state index in [1.807, 2.05) is 13.8 Å². The van der Waals surface area contributed by atoms with E-state index in [4.69, 9.17) is 11.6 Å². The van der Waals surface area contributed by atoms with Crippen LogP contribution in [0, 0.1) is 20.8 Å². The van der Waals surface area contributed by atoms with E-state index in [0.717, 1.165) is 19.8 Å². The summed E-state index contributed by atoms with van der Waals surface area (Å²) in [7, 11) is 0. The van der Waals surface area contributed by atoms with Gasteiger partial charge in [0.25, 0.3) is 11.5 Å². The number of hydrogen-bond donors (Lipinski definition) is 1. The molecule has 0 spiro atoms. The number of rotatable bonds is 4. The molecule has 0 aliphatic carbocycles. The summed E-state index contributed by atoms with van der Waals surface area (Å²) in [5.41, 5.74) is 1.55. The maximum atomic E-state index is 12.9. The molecule has 3 rings (SSSR count). The van der Waals surface area contributed by atoms with E-state index in [-0.39, 0.29) is 11.5 Å². The first-order chi connectivity index (χ1) is 13.5. The average molecular weight is 448 g/mol. The minimum atomic E-state index is -4.74. The van der Waals surface area contributed by atoms with Gasteiger partial charge in [-0.3, -0.25) is 19.7 Å². The number of carbonyl (C=O) groups excluding carboxylic acids is 1. The standard InChI is InChI=1S/C17H17ClF3N5O2S/c1-5-10-8(3)29-15-12(10)16(28)26(9(4)22-15)23-11(27)6-25-7(2)13(18)14(24-25)17(19,20)21/h5-6H2,1-4H3,(H,23,27). The summed E-state index contributed by atoms with van der Waals surface area (Å²) in [6, 6.07) is 0. The zero-order chi connectivity index (χ0) is 21.7. The largest absolute Gasteiger partial charge is 0.436 e. The molecule has 0 aliphatic heterocycles. The molecule has 0 atom stereocenters. The van der Waals surface area contributed by atoms with Gasteiger partial charge in [0.15, 0.2) is 5.69 Å². The van der Waals surface area contributed by atoms with Crippen molar-refractivity contribution in [2.24, 2.45) is 0 Å². The number of aryl methyl sites for hydroxylation is 3. The van der Waals surface area contributed by atoms with E-state index in [1.54, 1.807) is 6.92 Å². The van der Waals surface area contributed by atoms with Crippen LogP contribution in [-0.4, -0.2) is 25.3 Å². The Morgan fingerprint density at radius 1 is 1.28 bits per heavy atom. The van der Waals surface area contributed by atoms with Crippen LogP contribution >= 0.6 is 22.9 Å². The second kappa shape index (κ2) is 7.45. The molecule has 156 valence electrons. The minimum absolute atomic E-state index is 0.00600. The molecule has 0 saturated heterocycles. The van der Waals surface area contributed by atoms with Gasteiger partial charge in [-0.25, -0.2) is 9.66 Å². The molecule has 0 aromatic carbocycles. The Morgan fingerprint density at radius 2 is 1.93 bits per heavy atom. The molecule has 0 bridgehead atoms. The van der Waals surface area contributed by atoms with Gasteiger partial charge in [0.05, 0.1) is 16.1 Å². The summed E-state index contributed by atoms with van der Waals surface area (Å²) < 4.78 is 40.7. The fourth-order valence-corrected chi connectivity index (χ4v) is 4.42. The number of alkyl halides is 3. The zero-order valence-electron chi connectivity index (χ0n) is 15.9. The van der Waals surface area contributed by atoms with Crippen molar-refractivity contribution in [3.8, 4) is 0 Å². The quantitative estimate of drug-likeness (QED) is 0.662. The second-order valence-electron chi connectivity index (χ2n) is 6.41. The smallest absolute Gasteiger partial charge is 0.271 e. The molecule has 12 heteroatoms. The number of aromatic nitrogens is 4. The van der Waals surface area contributed by atoms with Crippen molar-refractivity contribution in [3.63, 3.8) is 0 Å². The van der Waals surface area contributed by atoms with Crippen molar-refractivity contribution < 1.29 is 18.0 Å². The monoisotopic (exact) mass is 447 g/mol. The average Bonchev–Trinajstić information content (AvgIpc) is 3.08. The van der Waals surface area contributed by atoms with Gasteiger partial charge in [-0.05, 0) is 32.8 Å². The summed E-state index contributed by atoms with van der Waals surface area (Å²) >= 11 is 7.09. The first-order valence-electron chi connectivity index (χ1n) is 8.57. The number of carbonyl (C=O) groups is 1. The number of thiophene rings is 1. The predicted octanol–water partition coefficient (Wildman–Crippen LogP) is 3.58.